The Morgan fingerprint density at radius 2 is 2.17 bits per heavy atom. The molecule has 1 atom stereocenters. The Morgan fingerprint density at radius 3 is 2.83 bits per heavy atom. The Hall–Kier alpha value is -2.14. The van der Waals surface area contributed by atoms with E-state index >= 15 is 0 Å². The number of benzene rings is 1. The van der Waals surface area contributed by atoms with Gasteiger partial charge in [-0.3, -0.25) is 4.79 Å². The second-order valence-electron chi connectivity index (χ2n) is 4.12. The fraction of sp³-hybridized carbons (Fsp3) is 0.231. The summed E-state index contributed by atoms with van der Waals surface area (Å²) < 4.78 is 1.80. The number of nitrogens with one attached hydrogen (secondary N) is 1. The molecule has 1 heterocycles. The van der Waals surface area contributed by atoms with E-state index < -0.39 is 0 Å². The number of primary amides is 1. The van der Waals surface area contributed by atoms with E-state index in [9.17, 15) is 4.79 Å². The largest absolute Gasteiger partial charge is 0.369 e. The summed E-state index contributed by atoms with van der Waals surface area (Å²) in [5.74, 6) is -0.364. The van der Waals surface area contributed by atoms with Crippen LogP contribution in [0.4, 0.5) is 0 Å². The van der Waals surface area contributed by atoms with Gasteiger partial charge in [-0.15, -0.1) is 0 Å². The van der Waals surface area contributed by atoms with Gasteiger partial charge in [0.2, 0.25) is 5.91 Å². The fourth-order valence-electron chi connectivity index (χ4n) is 1.65. The van der Waals surface area contributed by atoms with Crippen LogP contribution in [0.3, 0.4) is 0 Å². The maximum atomic E-state index is 10.7. The van der Waals surface area contributed by atoms with Gasteiger partial charge in [-0.2, -0.15) is 5.10 Å². The molecular weight excluding hydrogens is 228 g/mol. The first-order valence-electron chi connectivity index (χ1n) is 5.78. The standard InChI is InChI=1S/C13H16N4O/c1-10(15-8-13(14)18)11-7-16-17(9-11)12-5-3-2-4-6-12/h2-7,9-10,15H,8H2,1H3,(H2,14,18). The van der Waals surface area contributed by atoms with Gasteiger partial charge in [0.1, 0.15) is 0 Å². The molecule has 0 aliphatic heterocycles. The van der Waals surface area contributed by atoms with Gasteiger partial charge in [-0.25, -0.2) is 4.68 Å². The molecule has 5 heteroatoms. The van der Waals surface area contributed by atoms with Gasteiger partial charge in [0.05, 0.1) is 18.4 Å². The minimum atomic E-state index is -0.364. The molecule has 0 aliphatic carbocycles. The maximum Gasteiger partial charge on any atom is 0.231 e. The first-order chi connectivity index (χ1) is 8.66. The Kier molecular flexibility index (Phi) is 3.74. The molecule has 0 saturated heterocycles. The fourth-order valence-corrected chi connectivity index (χ4v) is 1.65. The predicted molar refractivity (Wildman–Crippen MR) is 69.2 cm³/mol. The third kappa shape index (κ3) is 2.95. The lowest BCUT2D eigenvalue weighted by atomic mass is 10.2. The average molecular weight is 244 g/mol. The van der Waals surface area contributed by atoms with E-state index in [1.807, 2.05) is 43.5 Å². The highest BCUT2D eigenvalue weighted by Gasteiger charge is 2.09. The van der Waals surface area contributed by atoms with Crippen molar-refractivity contribution < 1.29 is 4.79 Å². The van der Waals surface area contributed by atoms with Crippen molar-refractivity contribution >= 4 is 5.91 Å². The summed E-state index contributed by atoms with van der Waals surface area (Å²) in [6.45, 7) is 2.13. The molecule has 0 spiro atoms. The van der Waals surface area contributed by atoms with Crippen molar-refractivity contribution in [1.82, 2.24) is 15.1 Å². The number of nitrogens with two attached hydrogens (primary N) is 1. The van der Waals surface area contributed by atoms with E-state index in [1.165, 1.54) is 0 Å². The molecule has 0 fully saturated rings. The molecule has 1 unspecified atom stereocenters. The van der Waals surface area contributed by atoms with E-state index in [-0.39, 0.29) is 18.5 Å². The molecule has 18 heavy (non-hydrogen) atoms. The number of hydrogen-bond donors (Lipinski definition) is 2. The van der Waals surface area contributed by atoms with Crippen molar-refractivity contribution in [2.45, 2.75) is 13.0 Å². The van der Waals surface area contributed by atoms with Crippen molar-refractivity contribution in [3.05, 3.63) is 48.3 Å². The minimum absolute atomic E-state index is 0.0370. The quantitative estimate of drug-likeness (QED) is 0.824. The van der Waals surface area contributed by atoms with Crippen LogP contribution in [0.1, 0.15) is 18.5 Å². The lowest BCUT2D eigenvalue weighted by molar-refractivity contribution is -0.117. The molecule has 1 amide bonds. The van der Waals surface area contributed by atoms with Crippen molar-refractivity contribution in [3.8, 4) is 5.69 Å². The summed E-state index contributed by atoms with van der Waals surface area (Å²) in [6, 6.07) is 9.90. The number of carbonyl (C=O) groups excluding carboxylic acids is 1. The number of para-hydroxylation sites is 1. The molecule has 1 aromatic carbocycles. The van der Waals surface area contributed by atoms with Crippen LogP contribution in [0.25, 0.3) is 5.69 Å². The van der Waals surface area contributed by atoms with Gasteiger partial charge in [0.15, 0.2) is 0 Å². The SMILES string of the molecule is CC(NCC(N)=O)c1cnn(-c2ccccc2)c1. The van der Waals surface area contributed by atoms with Crippen LogP contribution < -0.4 is 11.1 Å². The van der Waals surface area contributed by atoms with Crippen LogP contribution in [0.2, 0.25) is 0 Å². The van der Waals surface area contributed by atoms with Crippen LogP contribution in [-0.2, 0) is 4.79 Å². The summed E-state index contributed by atoms with van der Waals surface area (Å²) in [7, 11) is 0. The van der Waals surface area contributed by atoms with E-state index in [4.69, 9.17) is 5.73 Å². The second kappa shape index (κ2) is 5.46. The van der Waals surface area contributed by atoms with Crippen LogP contribution in [0.15, 0.2) is 42.7 Å². The zero-order valence-electron chi connectivity index (χ0n) is 10.2. The first kappa shape index (κ1) is 12.3. The molecule has 1 aromatic heterocycles. The predicted octanol–water partition coefficient (Wildman–Crippen LogP) is 1.01. The zero-order chi connectivity index (χ0) is 13.0. The summed E-state index contributed by atoms with van der Waals surface area (Å²) >= 11 is 0. The molecule has 3 N–H and O–H groups in total. The van der Waals surface area contributed by atoms with E-state index in [2.05, 4.69) is 10.4 Å². The molecule has 0 radical (unpaired) electrons. The van der Waals surface area contributed by atoms with Crippen molar-refractivity contribution in [2.75, 3.05) is 6.54 Å². The average Bonchev–Trinajstić information content (AvgIpc) is 2.86. The Labute approximate surface area is 106 Å². The molecule has 2 rings (SSSR count). The highest BCUT2D eigenvalue weighted by atomic mass is 16.1. The third-order valence-electron chi connectivity index (χ3n) is 2.71. The zero-order valence-corrected chi connectivity index (χ0v) is 10.2. The van der Waals surface area contributed by atoms with Crippen LogP contribution in [0.5, 0.6) is 0 Å². The van der Waals surface area contributed by atoms with Crippen molar-refractivity contribution in [3.63, 3.8) is 0 Å². The molecule has 5 nitrogen and oxygen atoms in total. The minimum Gasteiger partial charge on any atom is -0.369 e. The van der Waals surface area contributed by atoms with Gasteiger partial charge in [-0.1, -0.05) is 18.2 Å². The van der Waals surface area contributed by atoms with Gasteiger partial charge >= 0.3 is 0 Å². The van der Waals surface area contributed by atoms with Crippen LogP contribution in [0, 0.1) is 0 Å². The van der Waals surface area contributed by atoms with Gasteiger partial charge < -0.3 is 11.1 Å². The smallest absolute Gasteiger partial charge is 0.231 e. The summed E-state index contributed by atoms with van der Waals surface area (Å²) in [6.07, 6.45) is 3.72. The number of carbonyl (C=O) groups is 1. The number of amides is 1. The van der Waals surface area contributed by atoms with E-state index in [0.717, 1.165) is 11.3 Å². The summed E-state index contributed by atoms with van der Waals surface area (Å²) in [5, 5.41) is 7.33. The molecule has 2 aromatic rings. The monoisotopic (exact) mass is 244 g/mol. The van der Waals surface area contributed by atoms with E-state index in [0.29, 0.717) is 0 Å². The van der Waals surface area contributed by atoms with E-state index in [1.54, 1.807) is 10.9 Å². The summed E-state index contributed by atoms with van der Waals surface area (Å²) in [5.41, 5.74) is 7.11. The molecule has 0 aliphatic rings. The Bertz CT molecular complexity index is 521. The Morgan fingerprint density at radius 1 is 1.44 bits per heavy atom. The molecule has 0 bridgehead atoms. The van der Waals surface area contributed by atoms with Crippen LogP contribution >= 0.6 is 0 Å². The number of hydrogen-bond acceptors (Lipinski definition) is 3. The summed E-state index contributed by atoms with van der Waals surface area (Å²) in [4.78, 5) is 10.7. The number of nitrogens with zero attached hydrogens (tertiary/aromatic N) is 2. The van der Waals surface area contributed by atoms with Crippen LogP contribution in [-0.4, -0.2) is 22.2 Å². The normalized spacial score (nSPS) is 12.3. The highest BCUT2D eigenvalue weighted by molar-refractivity contribution is 5.75. The maximum absolute atomic E-state index is 10.7. The van der Waals surface area contributed by atoms with Gasteiger partial charge in [0, 0.05) is 17.8 Å². The lowest BCUT2D eigenvalue weighted by Crippen LogP contribution is -2.30. The van der Waals surface area contributed by atoms with Crippen molar-refractivity contribution in [1.29, 1.82) is 0 Å². The highest BCUT2D eigenvalue weighted by Crippen LogP contribution is 2.13. The molecule has 0 saturated carbocycles. The lowest BCUT2D eigenvalue weighted by Gasteiger charge is -2.09. The molecule has 94 valence electrons. The third-order valence-corrected chi connectivity index (χ3v) is 2.71. The Balaban J connectivity index is 2.08. The topological polar surface area (TPSA) is 72.9 Å². The van der Waals surface area contributed by atoms with Gasteiger partial charge in [0.25, 0.3) is 0 Å². The first-order valence-corrected chi connectivity index (χ1v) is 5.78. The second-order valence-corrected chi connectivity index (χ2v) is 4.12. The van der Waals surface area contributed by atoms with Crippen molar-refractivity contribution in [2.24, 2.45) is 5.73 Å². The molecular formula is C13H16N4O. The van der Waals surface area contributed by atoms with Gasteiger partial charge in [-0.05, 0) is 19.1 Å². The number of rotatable bonds is 5. The number of aromatic nitrogens is 2.